The van der Waals surface area contributed by atoms with Crippen molar-refractivity contribution >= 4 is 0 Å². The van der Waals surface area contributed by atoms with Crippen LogP contribution in [-0.2, 0) is 11.8 Å². The van der Waals surface area contributed by atoms with Gasteiger partial charge in [-0.2, -0.15) is 0 Å². The minimum atomic E-state index is -0.0793. The van der Waals surface area contributed by atoms with Gasteiger partial charge < -0.3 is 5.11 Å². The van der Waals surface area contributed by atoms with E-state index < -0.39 is 0 Å². The zero-order valence-corrected chi connectivity index (χ0v) is 11.7. The molecule has 2 unspecified atom stereocenters. The van der Waals surface area contributed by atoms with E-state index in [1.54, 1.807) is 6.07 Å². The van der Waals surface area contributed by atoms with Gasteiger partial charge in [0.2, 0.25) is 0 Å². The van der Waals surface area contributed by atoms with E-state index in [9.17, 15) is 5.11 Å². The predicted molar refractivity (Wildman–Crippen MR) is 81.2 cm³/mol. The average molecular weight is 262 g/mol. The standard InChI is InChI=1S/C19H18O/c1-12-11-19(17-6-4-3-5-16(12)17)13(2)9-14-7-8-15(20)10-18(14)19/h3-8,10,12,20H,2,9,11H2,1H3. The van der Waals surface area contributed by atoms with Gasteiger partial charge >= 0.3 is 0 Å². The third-order valence-corrected chi connectivity index (χ3v) is 5.12. The number of fused-ring (bicyclic) bond motifs is 4. The molecule has 1 heteroatoms. The molecular formula is C19H18O. The highest BCUT2D eigenvalue weighted by Crippen LogP contribution is 2.58. The summed E-state index contributed by atoms with van der Waals surface area (Å²) >= 11 is 0. The molecule has 0 heterocycles. The van der Waals surface area contributed by atoms with Crippen LogP contribution in [0.15, 0.2) is 54.6 Å². The van der Waals surface area contributed by atoms with Crippen LogP contribution in [0.25, 0.3) is 0 Å². The largest absolute Gasteiger partial charge is 0.508 e. The van der Waals surface area contributed by atoms with Crippen LogP contribution < -0.4 is 0 Å². The second-order valence-corrected chi connectivity index (χ2v) is 6.22. The number of benzene rings is 2. The van der Waals surface area contributed by atoms with E-state index in [1.807, 2.05) is 6.07 Å². The maximum atomic E-state index is 9.91. The molecule has 0 bridgehead atoms. The van der Waals surface area contributed by atoms with Crippen molar-refractivity contribution in [2.75, 3.05) is 0 Å². The molecule has 0 saturated heterocycles. The summed E-state index contributed by atoms with van der Waals surface area (Å²) in [6, 6.07) is 14.5. The fraction of sp³-hybridized carbons (Fsp3) is 0.263. The van der Waals surface area contributed by atoms with E-state index in [2.05, 4.69) is 43.8 Å². The smallest absolute Gasteiger partial charge is 0.115 e. The van der Waals surface area contributed by atoms with Crippen molar-refractivity contribution in [1.29, 1.82) is 0 Å². The quantitative estimate of drug-likeness (QED) is 0.702. The number of phenols is 1. The van der Waals surface area contributed by atoms with Gasteiger partial charge in [-0.05, 0) is 53.1 Å². The molecule has 1 nitrogen and oxygen atoms in total. The Morgan fingerprint density at radius 3 is 2.80 bits per heavy atom. The summed E-state index contributed by atoms with van der Waals surface area (Å²) in [5.74, 6) is 0.895. The van der Waals surface area contributed by atoms with Crippen LogP contribution in [0.4, 0.5) is 0 Å². The van der Waals surface area contributed by atoms with Crippen LogP contribution in [0.3, 0.4) is 0 Å². The molecular weight excluding hydrogens is 244 g/mol. The maximum absolute atomic E-state index is 9.91. The van der Waals surface area contributed by atoms with Gasteiger partial charge in [-0.15, -0.1) is 0 Å². The fourth-order valence-electron chi connectivity index (χ4n) is 4.27. The average Bonchev–Trinajstić information content (AvgIpc) is 2.89. The summed E-state index contributed by atoms with van der Waals surface area (Å²) in [7, 11) is 0. The van der Waals surface area contributed by atoms with Gasteiger partial charge in [-0.1, -0.05) is 49.4 Å². The minimum Gasteiger partial charge on any atom is -0.508 e. The topological polar surface area (TPSA) is 20.2 Å². The summed E-state index contributed by atoms with van der Waals surface area (Å²) in [4.78, 5) is 0. The highest BCUT2D eigenvalue weighted by Gasteiger charge is 2.49. The van der Waals surface area contributed by atoms with Gasteiger partial charge in [0.25, 0.3) is 0 Å². The number of aromatic hydroxyl groups is 1. The third-order valence-electron chi connectivity index (χ3n) is 5.12. The Morgan fingerprint density at radius 2 is 1.95 bits per heavy atom. The lowest BCUT2D eigenvalue weighted by atomic mass is 9.74. The third kappa shape index (κ3) is 1.28. The maximum Gasteiger partial charge on any atom is 0.115 e. The van der Waals surface area contributed by atoms with Crippen molar-refractivity contribution in [2.24, 2.45) is 0 Å². The van der Waals surface area contributed by atoms with E-state index in [-0.39, 0.29) is 5.41 Å². The van der Waals surface area contributed by atoms with Crippen LogP contribution >= 0.6 is 0 Å². The Bertz CT molecular complexity index is 728. The highest BCUT2D eigenvalue weighted by molar-refractivity contribution is 5.64. The zero-order valence-electron chi connectivity index (χ0n) is 11.7. The number of rotatable bonds is 0. The van der Waals surface area contributed by atoms with Crippen molar-refractivity contribution in [3.63, 3.8) is 0 Å². The molecule has 0 aromatic heterocycles. The minimum absolute atomic E-state index is 0.0793. The van der Waals surface area contributed by atoms with Gasteiger partial charge in [0.1, 0.15) is 5.75 Å². The lowest BCUT2D eigenvalue weighted by molar-refractivity contribution is 0.472. The summed E-state index contributed by atoms with van der Waals surface area (Å²) in [6.45, 7) is 6.68. The van der Waals surface area contributed by atoms with Crippen LogP contribution in [0.1, 0.15) is 41.5 Å². The second-order valence-electron chi connectivity index (χ2n) is 6.22. The predicted octanol–water partition coefficient (Wildman–Crippen LogP) is 4.30. The molecule has 0 fully saturated rings. The Balaban J connectivity index is 2.04. The second kappa shape index (κ2) is 3.76. The molecule has 2 aromatic rings. The Morgan fingerprint density at radius 1 is 1.15 bits per heavy atom. The number of hydrogen-bond acceptors (Lipinski definition) is 1. The van der Waals surface area contributed by atoms with Crippen molar-refractivity contribution < 1.29 is 5.11 Å². The van der Waals surface area contributed by atoms with E-state index in [0.717, 1.165) is 12.8 Å². The molecule has 1 N–H and O–H groups in total. The molecule has 20 heavy (non-hydrogen) atoms. The van der Waals surface area contributed by atoms with Crippen LogP contribution in [0, 0.1) is 0 Å². The van der Waals surface area contributed by atoms with Crippen molar-refractivity contribution in [3.8, 4) is 5.75 Å². The van der Waals surface area contributed by atoms with Crippen LogP contribution in [-0.4, -0.2) is 5.11 Å². The molecule has 0 radical (unpaired) electrons. The summed E-state index contributed by atoms with van der Waals surface area (Å²) in [6.07, 6.45) is 2.00. The van der Waals surface area contributed by atoms with E-state index in [4.69, 9.17) is 0 Å². The molecule has 0 saturated carbocycles. The molecule has 1 spiro atoms. The Labute approximate surface area is 119 Å². The lowest BCUT2D eigenvalue weighted by Gasteiger charge is -2.28. The first-order valence-corrected chi connectivity index (χ1v) is 7.23. The van der Waals surface area contributed by atoms with E-state index >= 15 is 0 Å². The molecule has 4 rings (SSSR count). The van der Waals surface area contributed by atoms with Gasteiger partial charge in [-0.25, -0.2) is 0 Å². The molecule has 2 aromatic carbocycles. The number of phenolic OH excluding ortho intramolecular Hbond substituents is 1. The molecule has 0 aliphatic heterocycles. The lowest BCUT2D eigenvalue weighted by Crippen LogP contribution is -2.23. The molecule has 2 aliphatic rings. The number of hydrogen-bond donors (Lipinski definition) is 1. The fourth-order valence-corrected chi connectivity index (χ4v) is 4.27. The first-order valence-electron chi connectivity index (χ1n) is 7.23. The Kier molecular flexibility index (Phi) is 2.21. The van der Waals surface area contributed by atoms with Crippen LogP contribution in [0.2, 0.25) is 0 Å². The van der Waals surface area contributed by atoms with Gasteiger partial charge in [-0.3, -0.25) is 0 Å². The summed E-state index contributed by atoms with van der Waals surface area (Å²) < 4.78 is 0. The molecule has 2 atom stereocenters. The Hall–Kier alpha value is -2.02. The SMILES string of the molecule is C=C1Cc2ccc(O)cc2C12CC(C)c1ccccc12. The van der Waals surface area contributed by atoms with E-state index in [0.29, 0.717) is 11.7 Å². The van der Waals surface area contributed by atoms with Crippen LogP contribution in [0.5, 0.6) is 5.75 Å². The van der Waals surface area contributed by atoms with Gasteiger partial charge in [0.05, 0.1) is 0 Å². The van der Waals surface area contributed by atoms with Crippen molar-refractivity contribution in [2.45, 2.75) is 31.1 Å². The summed E-state index contributed by atoms with van der Waals surface area (Å²) in [5, 5.41) is 9.91. The van der Waals surface area contributed by atoms with E-state index in [1.165, 1.54) is 27.8 Å². The van der Waals surface area contributed by atoms with Crippen molar-refractivity contribution in [1.82, 2.24) is 0 Å². The molecule has 2 aliphatic carbocycles. The first-order chi connectivity index (χ1) is 9.63. The number of allylic oxidation sites excluding steroid dienone is 1. The van der Waals surface area contributed by atoms with Gasteiger partial charge in [0, 0.05) is 5.41 Å². The highest BCUT2D eigenvalue weighted by atomic mass is 16.3. The van der Waals surface area contributed by atoms with Crippen molar-refractivity contribution in [3.05, 3.63) is 76.9 Å². The monoisotopic (exact) mass is 262 g/mol. The first kappa shape index (κ1) is 11.8. The van der Waals surface area contributed by atoms with Gasteiger partial charge in [0.15, 0.2) is 0 Å². The normalized spacial score (nSPS) is 26.9. The molecule has 0 amide bonds. The summed E-state index contributed by atoms with van der Waals surface area (Å²) in [5.41, 5.74) is 6.60. The molecule has 100 valence electrons. The zero-order chi connectivity index (χ0) is 13.9.